The number of nitrogens with one attached hydrogen (secondary N) is 1. The lowest BCUT2D eigenvalue weighted by molar-refractivity contribution is -0.119. The number of anilines is 2. The van der Waals surface area contributed by atoms with Crippen LogP contribution in [0.1, 0.15) is 41.1 Å². The zero-order valence-electron chi connectivity index (χ0n) is 13.3. The predicted molar refractivity (Wildman–Crippen MR) is 86.6 cm³/mol. The molecular weight excluding hydrogens is 294 g/mol. The van der Waals surface area contributed by atoms with Crippen LogP contribution in [-0.2, 0) is 4.79 Å². The molecule has 1 N–H and O–H groups in total. The van der Waals surface area contributed by atoms with Gasteiger partial charge < -0.3 is 14.7 Å². The first-order valence-electron chi connectivity index (χ1n) is 7.70. The van der Waals surface area contributed by atoms with Gasteiger partial charge in [0.2, 0.25) is 5.91 Å². The molecule has 0 unspecified atom stereocenters. The molecular formula is C17H19N3O3. The minimum absolute atomic E-state index is 0.161. The Balaban J connectivity index is 1.76. The van der Waals surface area contributed by atoms with Crippen LogP contribution in [0.25, 0.3) is 0 Å². The number of carbonyl (C=O) groups excluding carboxylic acids is 2. The molecule has 0 radical (unpaired) electrons. The van der Waals surface area contributed by atoms with Crippen molar-refractivity contribution in [2.45, 2.75) is 33.1 Å². The lowest BCUT2D eigenvalue weighted by Gasteiger charge is -2.28. The van der Waals surface area contributed by atoms with Gasteiger partial charge in [0.05, 0.1) is 0 Å². The van der Waals surface area contributed by atoms with E-state index in [0.29, 0.717) is 17.9 Å². The summed E-state index contributed by atoms with van der Waals surface area (Å²) < 4.78 is 4.90. The van der Waals surface area contributed by atoms with Crippen LogP contribution >= 0.6 is 0 Å². The maximum atomic E-state index is 12.1. The largest absolute Gasteiger partial charge is 0.361 e. The van der Waals surface area contributed by atoms with Crippen molar-refractivity contribution in [3.05, 3.63) is 41.3 Å². The number of hydrogen-bond acceptors (Lipinski definition) is 4. The van der Waals surface area contributed by atoms with E-state index < -0.39 is 0 Å². The fraction of sp³-hybridized carbons (Fsp3) is 0.353. The highest BCUT2D eigenvalue weighted by molar-refractivity contribution is 6.03. The molecule has 1 aromatic heterocycles. The Morgan fingerprint density at radius 3 is 2.74 bits per heavy atom. The highest BCUT2D eigenvalue weighted by atomic mass is 16.5. The summed E-state index contributed by atoms with van der Waals surface area (Å²) in [5.74, 6) is 0.433. The lowest BCUT2D eigenvalue weighted by atomic mass is 10.1. The first-order valence-corrected chi connectivity index (χ1v) is 7.70. The van der Waals surface area contributed by atoms with Crippen molar-refractivity contribution in [2.24, 2.45) is 0 Å². The van der Waals surface area contributed by atoms with E-state index in [4.69, 9.17) is 4.52 Å². The van der Waals surface area contributed by atoms with Gasteiger partial charge in [-0.2, -0.15) is 0 Å². The maximum absolute atomic E-state index is 12.1. The number of carbonyl (C=O) groups is 2. The summed E-state index contributed by atoms with van der Waals surface area (Å²) in [4.78, 5) is 25.9. The van der Waals surface area contributed by atoms with Crippen molar-refractivity contribution in [1.82, 2.24) is 5.16 Å². The zero-order chi connectivity index (χ0) is 16.4. The zero-order valence-corrected chi connectivity index (χ0v) is 13.3. The van der Waals surface area contributed by atoms with Crippen LogP contribution in [0, 0.1) is 13.8 Å². The summed E-state index contributed by atoms with van der Waals surface area (Å²) in [6, 6.07) is 7.13. The van der Waals surface area contributed by atoms with E-state index in [1.54, 1.807) is 19.1 Å². The molecule has 1 aromatic carbocycles. The Hall–Kier alpha value is -2.63. The Morgan fingerprint density at radius 2 is 2.09 bits per heavy atom. The first kappa shape index (κ1) is 15.3. The summed E-state index contributed by atoms with van der Waals surface area (Å²) in [7, 11) is 0. The van der Waals surface area contributed by atoms with E-state index in [1.165, 1.54) is 0 Å². The summed E-state index contributed by atoms with van der Waals surface area (Å²) in [5.41, 5.74) is 2.77. The second-order valence-electron chi connectivity index (χ2n) is 5.78. The molecule has 0 atom stereocenters. The molecule has 0 saturated carbocycles. The van der Waals surface area contributed by atoms with Gasteiger partial charge in [0, 0.05) is 30.4 Å². The quantitative estimate of drug-likeness (QED) is 0.945. The number of hydrogen-bond donors (Lipinski definition) is 1. The second kappa shape index (κ2) is 6.24. The third kappa shape index (κ3) is 3.26. The van der Waals surface area contributed by atoms with E-state index in [-0.39, 0.29) is 17.5 Å². The van der Waals surface area contributed by atoms with Gasteiger partial charge in [-0.25, -0.2) is 0 Å². The molecule has 1 fully saturated rings. The van der Waals surface area contributed by atoms with Crippen molar-refractivity contribution < 1.29 is 14.1 Å². The van der Waals surface area contributed by atoms with Crippen LogP contribution in [0.2, 0.25) is 0 Å². The van der Waals surface area contributed by atoms with Crippen molar-refractivity contribution in [1.29, 1.82) is 0 Å². The van der Waals surface area contributed by atoms with E-state index in [1.807, 2.05) is 24.0 Å². The van der Waals surface area contributed by atoms with Gasteiger partial charge in [0.25, 0.3) is 5.91 Å². The summed E-state index contributed by atoms with van der Waals surface area (Å²) in [6.07, 6.45) is 2.58. The second-order valence-corrected chi connectivity index (χ2v) is 5.78. The number of piperidine rings is 1. The molecule has 1 aliphatic rings. The van der Waals surface area contributed by atoms with Crippen LogP contribution in [-0.4, -0.2) is 23.5 Å². The molecule has 0 bridgehead atoms. The molecule has 1 saturated heterocycles. The normalized spacial score (nSPS) is 14.9. The summed E-state index contributed by atoms with van der Waals surface area (Å²) in [5, 5.41) is 6.48. The third-order valence-electron chi connectivity index (χ3n) is 3.93. The molecule has 1 aliphatic heterocycles. The van der Waals surface area contributed by atoms with Crippen LogP contribution in [0.5, 0.6) is 0 Å². The van der Waals surface area contributed by atoms with E-state index in [0.717, 1.165) is 30.6 Å². The number of aromatic nitrogens is 1. The van der Waals surface area contributed by atoms with Crippen LogP contribution in [0.15, 0.2) is 28.8 Å². The SMILES string of the molecule is Cc1cc(C(=O)Nc2ccc(N3CCCCC3=O)c(C)c2)no1. The van der Waals surface area contributed by atoms with Crippen LogP contribution in [0.4, 0.5) is 11.4 Å². The van der Waals surface area contributed by atoms with Gasteiger partial charge in [0.15, 0.2) is 5.69 Å². The van der Waals surface area contributed by atoms with E-state index >= 15 is 0 Å². The first-order chi connectivity index (χ1) is 11.0. The van der Waals surface area contributed by atoms with Crippen LogP contribution in [0.3, 0.4) is 0 Å². The van der Waals surface area contributed by atoms with Crippen molar-refractivity contribution >= 4 is 23.2 Å². The highest BCUT2D eigenvalue weighted by Gasteiger charge is 2.21. The molecule has 6 heteroatoms. The van der Waals surface area contributed by atoms with Crippen molar-refractivity contribution in [3.63, 3.8) is 0 Å². The molecule has 2 amide bonds. The fourth-order valence-corrected chi connectivity index (χ4v) is 2.77. The average molecular weight is 313 g/mol. The van der Waals surface area contributed by atoms with Gasteiger partial charge in [0.1, 0.15) is 5.76 Å². The molecule has 120 valence electrons. The van der Waals surface area contributed by atoms with Gasteiger partial charge in [-0.3, -0.25) is 9.59 Å². The third-order valence-corrected chi connectivity index (χ3v) is 3.93. The van der Waals surface area contributed by atoms with Gasteiger partial charge in [-0.1, -0.05) is 5.16 Å². The molecule has 0 spiro atoms. The van der Waals surface area contributed by atoms with E-state index in [9.17, 15) is 9.59 Å². The fourth-order valence-electron chi connectivity index (χ4n) is 2.77. The standard InChI is InChI=1S/C17H19N3O3/c1-11-9-13(18-17(22)14-10-12(2)23-19-14)6-7-15(11)20-8-4-3-5-16(20)21/h6-7,9-10H,3-5,8H2,1-2H3,(H,18,22). The topological polar surface area (TPSA) is 75.4 Å². The monoisotopic (exact) mass is 313 g/mol. The number of benzene rings is 1. The Morgan fingerprint density at radius 1 is 1.26 bits per heavy atom. The minimum Gasteiger partial charge on any atom is -0.361 e. The molecule has 2 aromatic rings. The van der Waals surface area contributed by atoms with Crippen molar-refractivity contribution in [3.8, 4) is 0 Å². The van der Waals surface area contributed by atoms with Gasteiger partial charge in [-0.05, 0) is 50.5 Å². The number of rotatable bonds is 3. The molecule has 2 heterocycles. The molecule has 23 heavy (non-hydrogen) atoms. The smallest absolute Gasteiger partial charge is 0.277 e. The Kier molecular flexibility index (Phi) is 4.14. The molecule has 3 rings (SSSR count). The van der Waals surface area contributed by atoms with Crippen LogP contribution < -0.4 is 10.2 Å². The summed E-state index contributed by atoms with van der Waals surface area (Å²) >= 11 is 0. The minimum atomic E-state index is -0.317. The summed E-state index contributed by atoms with van der Waals surface area (Å²) in [6.45, 7) is 4.43. The predicted octanol–water partition coefficient (Wildman–Crippen LogP) is 3.06. The molecule has 0 aliphatic carbocycles. The van der Waals surface area contributed by atoms with Crippen molar-refractivity contribution in [2.75, 3.05) is 16.8 Å². The lowest BCUT2D eigenvalue weighted by Crippen LogP contribution is -2.35. The average Bonchev–Trinajstić information content (AvgIpc) is 2.95. The maximum Gasteiger partial charge on any atom is 0.277 e. The highest BCUT2D eigenvalue weighted by Crippen LogP contribution is 2.27. The number of nitrogens with zero attached hydrogens (tertiary/aromatic N) is 2. The van der Waals surface area contributed by atoms with Gasteiger partial charge >= 0.3 is 0 Å². The number of amides is 2. The molecule has 6 nitrogen and oxygen atoms in total. The number of aryl methyl sites for hydroxylation is 2. The van der Waals surface area contributed by atoms with Gasteiger partial charge in [-0.15, -0.1) is 0 Å². The van der Waals surface area contributed by atoms with E-state index in [2.05, 4.69) is 10.5 Å². The Bertz CT molecular complexity index is 751. The Labute approximate surface area is 134 Å².